The fourth-order valence-corrected chi connectivity index (χ4v) is 3.11. The molecule has 7 nitrogen and oxygen atoms in total. The number of rotatable bonds is 5. The smallest absolute Gasteiger partial charge is 0.320 e. The normalized spacial score (nSPS) is 10.5. The zero-order chi connectivity index (χ0) is 20.1. The second-order valence-corrected chi connectivity index (χ2v) is 6.36. The van der Waals surface area contributed by atoms with Gasteiger partial charge in [0.25, 0.3) is 0 Å². The summed E-state index contributed by atoms with van der Waals surface area (Å²) in [6.07, 6.45) is 8.79. The molecule has 1 aromatic carbocycles. The number of urea groups is 1. The molecule has 29 heavy (non-hydrogen) atoms. The molecule has 0 aliphatic rings. The zero-order valence-electron chi connectivity index (χ0n) is 15.9. The minimum Gasteiger partial charge on any atom is -0.354 e. The van der Waals surface area contributed by atoms with E-state index in [1.54, 1.807) is 31.0 Å². The summed E-state index contributed by atoms with van der Waals surface area (Å²) < 4.78 is 0. The van der Waals surface area contributed by atoms with Gasteiger partial charge in [-0.3, -0.25) is 15.3 Å². The summed E-state index contributed by atoms with van der Waals surface area (Å²) in [6, 6.07) is 13.4. The van der Waals surface area contributed by atoms with E-state index in [1.807, 2.05) is 49.4 Å². The van der Waals surface area contributed by atoms with Crippen LogP contribution < -0.4 is 16.0 Å². The number of carbonyl (C=O) groups is 1. The van der Waals surface area contributed by atoms with Crippen LogP contribution in [-0.4, -0.2) is 27.5 Å². The van der Waals surface area contributed by atoms with Crippen molar-refractivity contribution in [3.63, 3.8) is 0 Å². The molecule has 0 atom stereocenters. The lowest BCUT2D eigenvalue weighted by Gasteiger charge is -2.14. The van der Waals surface area contributed by atoms with E-state index in [0.29, 0.717) is 12.4 Å². The van der Waals surface area contributed by atoms with Crippen LogP contribution in [0.2, 0.25) is 0 Å². The lowest BCUT2D eigenvalue weighted by molar-refractivity contribution is 0.252. The maximum Gasteiger partial charge on any atom is 0.320 e. The van der Waals surface area contributed by atoms with Crippen LogP contribution in [0.15, 0.2) is 73.4 Å². The van der Waals surface area contributed by atoms with Crippen molar-refractivity contribution in [3.8, 4) is 11.1 Å². The molecule has 3 aromatic heterocycles. The van der Waals surface area contributed by atoms with Crippen LogP contribution in [0.25, 0.3) is 21.9 Å². The van der Waals surface area contributed by atoms with E-state index in [9.17, 15) is 4.79 Å². The van der Waals surface area contributed by atoms with Crippen molar-refractivity contribution in [1.29, 1.82) is 0 Å². The molecule has 0 fully saturated rings. The second kappa shape index (κ2) is 8.35. The summed E-state index contributed by atoms with van der Waals surface area (Å²) in [5, 5.41) is 10.8. The largest absolute Gasteiger partial charge is 0.354 e. The number of nitrogens with zero attached hydrogens (tertiary/aromatic N) is 3. The Hall–Kier alpha value is -4.00. The standard InChI is InChI=1S/C22H20N6O/c1-2-25-22(29)28-21-12-18-17(15-7-10-23-11-8-15)5-6-20(19(18)14-26-21)27-16-4-3-9-24-13-16/h3-14,27H,2H2,1H3,(H2,25,26,28,29). The third-order valence-electron chi connectivity index (χ3n) is 4.41. The van der Waals surface area contributed by atoms with Crippen LogP contribution in [0, 0.1) is 0 Å². The van der Waals surface area contributed by atoms with Crippen molar-refractivity contribution < 1.29 is 4.79 Å². The molecule has 0 saturated heterocycles. The topological polar surface area (TPSA) is 91.8 Å². The summed E-state index contributed by atoms with van der Waals surface area (Å²) in [4.78, 5) is 24.6. The van der Waals surface area contributed by atoms with Gasteiger partial charge in [-0.1, -0.05) is 6.07 Å². The van der Waals surface area contributed by atoms with Crippen molar-refractivity contribution in [2.45, 2.75) is 6.92 Å². The fourth-order valence-electron chi connectivity index (χ4n) is 3.11. The number of benzene rings is 1. The molecule has 0 radical (unpaired) electrons. The van der Waals surface area contributed by atoms with Crippen molar-refractivity contribution in [2.75, 3.05) is 17.2 Å². The Labute approximate surface area is 168 Å². The first kappa shape index (κ1) is 18.4. The number of fused-ring (bicyclic) bond motifs is 1. The van der Waals surface area contributed by atoms with Gasteiger partial charge < -0.3 is 10.6 Å². The number of pyridine rings is 3. The Kier molecular flexibility index (Phi) is 5.29. The molecular formula is C22H20N6O. The Morgan fingerprint density at radius 2 is 1.83 bits per heavy atom. The van der Waals surface area contributed by atoms with Crippen LogP contribution in [0.1, 0.15) is 6.92 Å². The number of nitrogens with one attached hydrogen (secondary N) is 3. The molecule has 0 aliphatic carbocycles. The lowest BCUT2D eigenvalue weighted by Crippen LogP contribution is -2.28. The Morgan fingerprint density at radius 3 is 2.59 bits per heavy atom. The van der Waals surface area contributed by atoms with Crippen molar-refractivity contribution in [3.05, 3.63) is 73.4 Å². The molecular weight excluding hydrogens is 364 g/mol. The van der Waals surface area contributed by atoms with Gasteiger partial charge in [0, 0.05) is 42.4 Å². The lowest BCUT2D eigenvalue weighted by atomic mass is 9.99. The first-order valence-corrected chi connectivity index (χ1v) is 9.29. The molecule has 144 valence electrons. The highest BCUT2D eigenvalue weighted by Gasteiger charge is 2.11. The van der Waals surface area contributed by atoms with Crippen molar-refractivity contribution >= 4 is 34.0 Å². The predicted octanol–water partition coefficient (Wildman–Crippen LogP) is 4.58. The van der Waals surface area contributed by atoms with Crippen molar-refractivity contribution in [1.82, 2.24) is 20.3 Å². The molecule has 4 aromatic rings. The third-order valence-corrected chi connectivity index (χ3v) is 4.41. The summed E-state index contributed by atoms with van der Waals surface area (Å²) in [7, 11) is 0. The monoisotopic (exact) mass is 384 g/mol. The van der Waals surface area contributed by atoms with E-state index in [4.69, 9.17) is 0 Å². The van der Waals surface area contributed by atoms with Crippen LogP contribution in [0.4, 0.5) is 22.0 Å². The molecule has 0 aliphatic heterocycles. The minimum atomic E-state index is -0.283. The quantitative estimate of drug-likeness (QED) is 0.468. The maximum absolute atomic E-state index is 11.9. The highest BCUT2D eigenvalue weighted by Crippen LogP contribution is 2.35. The molecule has 0 bridgehead atoms. The second-order valence-electron chi connectivity index (χ2n) is 6.36. The SMILES string of the molecule is CCNC(=O)Nc1cc2c(-c3ccncc3)ccc(Nc3cccnc3)c2cn1. The highest BCUT2D eigenvalue weighted by molar-refractivity contribution is 6.05. The molecule has 7 heteroatoms. The number of aromatic nitrogens is 3. The predicted molar refractivity (Wildman–Crippen MR) is 115 cm³/mol. The van der Waals surface area contributed by atoms with Gasteiger partial charge >= 0.3 is 6.03 Å². The van der Waals surface area contributed by atoms with Gasteiger partial charge in [-0.25, -0.2) is 9.78 Å². The maximum atomic E-state index is 11.9. The van der Waals surface area contributed by atoms with Crippen LogP contribution in [0.3, 0.4) is 0 Å². The Bertz CT molecular complexity index is 1130. The van der Waals surface area contributed by atoms with Crippen molar-refractivity contribution in [2.24, 2.45) is 0 Å². The average molecular weight is 384 g/mol. The van der Waals surface area contributed by atoms with Gasteiger partial charge in [0.1, 0.15) is 5.82 Å². The van der Waals surface area contributed by atoms with E-state index in [0.717, 1.165) is 33.3 Å². The van der Waals surface area contributed by atoms with E-state index >= 15 is 0 Å². The minimum absolute atomic E-state index is 0.283. The number of amides is 2. The highest BCUT2D eigenvalue weighted by atomic mass is 16.2. The zero-order valence-corrected chi connectivity index (χ0v) is 15.9. The molecule has 2 amide bonds. The Balaban J connectivity index is 1.81. The van der Waals surface area contributed by atoms with Gasteiger partial charge in [-0.05, 0) is 59.8 Å². The number of carbonyl (C=O) groups excluding carboxylic acids is 1. The fraction of sp³-hybridized carbons (Fsp3) is 0.0909. The summed E-state index contributed by atoms with van der Waals surface area (Å²) in [5.41, 5.74) is 3.85. The third kappa shape index (κ3) is 4.14. The number of anilines is 3. The molecule has 4 rings (SSSR count). The molecule has 3 heterocycles. The first-order chi connectivity index (χ1) is 14.2. The summed E-state index contributed by atoms with van der Waals surface area (Å²) in [6.45, 7) is 2.41. The van der Waals surface area contributed by atoms with Gasteiger partial charge in [-0.15, -0.1) is 0 Å². The van der Waals surface area contributed by atoms with Crippen LogP contribution in [-0.2, 0) is 0 Å². The summed E-state index contributed by atoms with van der Waals surface area (Å²) >= 11 is 0. The van der Waals surface area contributed by atoms with E-state index < -0.39 is 0 Å². The van der Waals surface area contributed by atoms with Crippen LogP contribution in [0.5, 0.6) is 0 Å². The van der Waals surface area contributed by atoms with E-state index in [1.165, 1.54) is 0 Å². The van der Waals surface area contributed by atoms with Gasteiger partial charge in [0.05, 0.1) is 11.9 Å². The first-order valence-electron chi connectivity index (χ1n) is 9.29. The number of hydrogen-bond acceptors (Lipinski definition) is 5. The molecule has 0 unspecified atom stereocenters. The number of hydrogen-bond donors (Lipinski definition) is 3. The van der Waals surface area contributed by atoms with Gasteiger partial charge in [-0.2, -0.15) is 0 Å². The van der Waals surface area contributed by atoms with Gasteiger partial charge in [0.15, 0.2) is 0 Å². The van der Waals surface area contributed by atoms with Gasteiger partial charge in [0.2, 0.25) is 0 Å². The van der Waals surface area contributed by atoms with E-state index in [2.05, 4.69) is 30.9 Å². The molecule has 0 spiro atoms. The Morgan fingerprint density at radius 1 is 0.966 bits per heavy atom. The van der Waals surface area contributed by atoms with E-state index in [-0.39, 0.29) is 6.03 Å². The van der Waals surface area contributed by atoms with Crippen LogP contribution >= 0.6 is 0 Å². The average Bonchev–Trinajstić information content (AvgIpc) is 2.75. The molecule has 0 saturated carbocycles. The molecule has 3 N–H and O–H groups in total. The summed E-state index contributed by atoms with van der Waals surface area (Å²) in [5.74, 6) is 0.484.